The number of nitro benzene ring substituents is 1. The van der Waals surface area contributed by atoms with Crippen molar-refractivity contribution in [2.45, 2.75) is 5.75 Å². The van der Waals surface area contributed by atoms with Crippen molar-refractivity contribution >= 4 is 16.4 Å². The van der Waals surface area contributed by atoms with E-state index in [2.05, 4.69) is 0 Å². The average Bonchev–Trinajstić information content (AvgIpc) is 2.07. The zero-order valence-electron chi connectivity index (χ0n) is 6.91. The first-order chi connectivity index (χ1) is 6.50. The van der Waals surface area contributed by atoms with E-state index in [0.29, 0.717) is 0 Å². The van der Waals surface area contributed by atoms with Gasteiger partial charge in [0, 0.05) is 6.07 Å². The van der Waals surface area contributed by atoms with Gasteiger partial charge in [-0.05, 0) is 11.6 Å². The minimum Gasteiger partial charge on any atom is -0.502 e. The summed E-state index contributed by atoms with van der Waals surface area (Å²) in [4.78, 5) is 9.59. The number of hydrogen-bond donors (Lipinski definition) is 2. The number of thiol groups is 1. The highest BCUT2D eigenvalue weighted by Crippen LogP contribution is 2.26. The van der Waals surface area contributed by atoms with Gasteiger partial charge in [-0.25, -0.2) is 8.42 Å². The molecule has 0 unspecified atom stereocenters. The number of aromatic hydroxyl groups is 1. The van der Waals surface area contributed by atoms with E-state index in [1.165, 1.54) is 6.07 Å². The summed E-state index contributed by atoms with van der Waals surface area (Å²) < 4.78 is 20.7. The Morgan fingerprint density at radius 3 is 2.57 bits per heavy atom. The molecule has 0 aliphatic rings. The second kappa shape index (κ2) is 4.05. The predicted molar refractivity (Wildman–Crippen MR) is 48.8 cm³/mol. The Hall–Kier alpha value is -1.63. The van der Waals surface area contributed by atoms with Crippen molar-refractivity contribution in [3.63, 3.8) is 0 Å². The molecule has 0 aromatic heterocycles. The van der Waals surface area contributed by atoms with Gasteiger partial charge in [0.05, 0.1) is 10.7 Å². The quantitative estimate of drug-likeness (QED) is 0.434. The molecule has 0 radical (unpaired) electrons. The monoisotopic (exact) mass is 217 g/mol. The lowest BCUT2D eigenvalue weighted by atomic mass is 10.2. The van der Waals surface area contributed by atoms with Crippen molar-refractivity contribution in [1.29, 1.82) is 0 Å². The zero-order valence-corrected chi connectivity index (χ0v) is 7.81. The Kier molecular flexibility index (Phi) is 3.03. The van der Waals surface area contributed by atoms with Gasteiger partial charge in [0.25, 0.3) is 0 Å². The number of phenols is 1. The summed E-state index contributed by atoms with van der Waals surface area (Å²) in [6, 6.07) is 3.47. The highest BCUT2D eigenvalue weighted by atomic mass is 32.2. The van der Waals surface area contributed by atoms with E-state index in [-0.39, 0.29) is 11.3 Å². The fraction of sp³-hybridized carbons (Fsp3) is 0.143. The van der Waals surface area contributed by atoms with Gasteiger partial charge in [-0.15, -0.1) is 0 Å². The van der Waals surface area contributed by atoms with E-state index in [4.69, 9.17) is 5.11 Å². The lowest BCUT2D eigenvalue weighted by Gasteiger charge is -1.97. The fourth-order valence-electron chi connectivity index (χ4n) is 0.963. The maximum atomic E-state index is 10.4. The Morgan fingerprint density at radius 2 is 2.07 bits per heavy atom. The average molecular weight is 217 g/mol. The number of phenolic OH excluding ortho intramolecular Hbond substituents is 1. The predicted octanol–water partition coefficient (Wildman–Crippen LogP) is 0.412. The fourth-order valence-corrected chi connectivity index (χ4v) is 1.46. The third kappa shape index (κ3) is 2.43. The molecule has 1 aromatic rings. The van der Waals surface area contributed by atoms with E-state index in [1.807, 2.05) is 0 Å². The standard InChI is InChI=1S/C7H7NO5S/c9-7-2-1-5(4-14(12)13)3-6(7)8(10)11/h1-3,9,14H,4H2. The molecule has 76 valence electrons. The van der Waals surface area contributed by atoms with Crippen molar-refractivity contribution in [2.75, 3.05) is 0 Å². The first-order valence-corrected chi connectivity index (χ1v) is 4.95. The topological polar surface area (TPSA) is 97.5 Å². The van der Waals surface area contributed by atoms with Crippen LogP contribution in [0, 0.1) is 10.1 Å². The van der Waals surface area contributed by atoms with Crippen LogP contribution in [-0.4, -0.2) is 18.4 Å². The molecule has 0 aliphatic carbocycles. The van der Waals surface area contributed by atoms with Gasteiger partial charge in [-0.2, -0.15) is 0 Å². The van der Waals surface area contributed by atoms with Gasteiger partial charge in [0.2, 0.25) is 0 Å². The van der Waals surface area contributed by atoms with Gasteiger partial charge in [-0.3, -0.25) is 10.1 Å². The molecule has 0 amide bonds. The molecular weight excluding hydrogens is 210 g/mol. The van der Waals surface area contributed by atoms with Gasteiger partial charge >= 0.3 is 5.69 Å². The maximum absolute atomic E-state index is 10.4. The third-order valence-electron chi connectivity index (χ3n) is 1.55. The lowest BCUT2D eigenvalue weighted by Crippen LogP contribution is -1.92. The van der Waals surface area contributed by atoms with Crippen molar-refractivity contribution in [2.24, 2.45) is 0 Å². The molecule has 0 heterocycles. The van der Waals surface area contributed by atoms with Crippen molar-refractivity contribution in [3.05, 3.63) is 33.9 Å². The molecule has 1 N–H and O–H groups in total. The molecule has 0 atom stereocenters. The lowest BCUT2D eigenvalue weighted by molar-refractivity contribution is -0.385. The van der Waals surface area contributed by atoms with E-state index in [9.17, 15) is 18.5 Å². The summed E-state index contributed by atoms with van der Waals surface area (Å²) in [6.07, 6.45) is 0. The SMILES string of the molecule is O=[N+]([O-])c1cc(C[SH](=O)=O)ccc1O. The number of hydrogen-bond acceptors (Lipinski definition) is 5. The van der Waals surface area contributed by atoms with Crippen LogP contribution in [0.25, 0.3) is 0 Å². The van der Waals surface area contributed by atoms with Crippen LogP contribution in [0.2, 0.25) is 0 Å². The number of nitrogens with zero attached hydrogens (tertiary/aromatic N) is 1. The van der Waals surface area contributed by atoms with Gasteiger partial charge in [0.15, 0.2) is 5.75 Å². The summed E-state index contributed by atoms with van der Waals surface area (Å²) >= 11 is 0. The molecule has 1 aromatic carbocycles. The summed E-state index contributed by atoms with van der Waals surface area (Å²) in [5, 5.41) is 19.4. The normalized spacial score (nSPS) is 10.4. The largest absolute Gasteiger partial charge is 0.502 e. The highest BCUT2D eigenvalue weighted by Gasteiger charge is 2.13. The molecule has 0 bridgehead atoms. The number of rotatable bonds is 3. The molecule has 0 fully saturated rings. The maximum Gasteiger partial charge on any atom is 0.310 e. The summed E-state index contributed by atoms with van der Waals surface area (Å²) in [6.45, 7) is 0. The minimum atomic E-state index is -2.62. The van der Waals surface area contributed by atoms with Crippen LogP contribution in [0.5, 0.6) is 5.75 Å². The van der Waals surface area contributed by atoms with Crippen LogP contribution in [0.4, 0.5) is 5.69 Å². The number of benzene rings is 1. The summed E-state index contributed by atoms with van der Waals surface area (Å²) in [5.74, 6) is -0.740. The molecular formula is C7H7NO5S. The van der Waals surface area contributed by atoms with E-state index in [1.54, 1.807) is 0 Å². The Bertz CT molecular complexity index is 432. The summed E-state index contributed by atoms with van der Waals surface area (Å²) in [5.41, 5.74) is -0.204. The Morgan fingerprint density at radius 1 is 1.43 bits per heavy atom. The third-order valence-corrected chi connectivity index (χ3v) is 2.17. The molecule has 0 spiro atoms. The highest BCUT2D eigenvalue weighted by molar-refractivity contribution is 7.71. The van der Waals surface area contributed by atoms with Crippen LogP contribution >= 0.6 is 0 Å². The second-order valence-corrected chi connectivity index (χ2v) is 3.55. The van der Waals surface area contributed by atoms with Gasteiger partial charge in [-0.1, -0.05) is 6.07 Å². The Labute approximate surface area is 80.9 Å². The van der Waals surface area contributed by atoms with Crippen molar-refractivity contribution in [3.8, 4) is 5.75 Å². The molecule has 0 saturated heterocycles. The molecule has 14 heavy (non-hydrogen) atoms. The van der Waals surface area contributed by atoms with Crippen LogP contribution in [0.15, 0.2) is 18.2 Å². The van der Waals surface area contributed by atoms with E-state index >= 15 is 0 Å². The zero-order chi connectivity index (χ0) is 10.7. The second-order valence-electron chi connectivity index (χ2n) is 2.57. The van der Waals surface area contributed by atoms with Gasteiger partial charge in [0.1, 0.15) is 10.7 Å². The molecule has 6 nitrogen and oxygen atoms in total. The first-order valence-electron chi connectivity index (χ1n) is 3.59. The smallest absolute Gasteiger partial charge is 0.310 e. The van der Waals surface area contributed by atoms with Crippen LogP contribution < -0.4 is 0 Å². The molecule has 0 aliphatic heterocycles. The van der Waals surface area contributed by atoms with Crippen LogP contribution in [-0.2, 0) is 16.5 Å². The van der Waals surface area contributed by atoms with E-state index < -0.39 is 27.1 Å². The van der Waals surface area contributed by atoms with Crippen LogP contribution in [0.1, 0.15) is 5.56 Å². The minimum absolute atomic E-state index is 0.267. The summed E-state index contributed by atoms with van der Waals surface area (Å²) in [7, 11) is -2.62. The Balaban J connectivity index is 3.12. The number of nitro groups is 1. The van der Waals surface area contributed by atoms with Crippen molar-refractivity contribution < 1.29 is 18.4 Å². The van der Waals surface area contributed by atoms with Crippen molar-refractivity contribution in [1.82, 2.24) is 0 Å². The van der Waals surface area contributed by atoms with Crippen LogP contribution in [0.3, 0.4) is 0 Å². The molecule has 1 rings (SSSR count). The molecule has 7 heteroatoms. The molecule has 0 saturated carbocycles. The van der Waals surface area contributed by atoms with E-state index in [0.717, 1.165) is 12.1 Å². The van der Waals surface area contributed by atoms with Gasteiger partial charge < -0.3 is 5.11 Å². The first kappa shape index (κ1) is 10.5.